The van der Waals surface area contributed by atoms with E-state index in [2.05, 4.69) is 19.1 Å². The number of guanidine groups is 1. The van der Waals surface area contributed by atoms with Gasteiger partial charge in [-0.1, -0.05) is 37.3 Å². The van der Waals surface area contributed by atoms with Crippen LogP contribution in [0.25, 0.3) is 0 Å². The summed E-state index contributed by atoms with van der Waals surface area (Å²) < 4.78 is 12.7. The Kier molecular flexibility index (Phi) is 5.74. The van der Waals surface area contributed by atoms with Crippen LogP contribution in [0.3, 0.4) is 0 Å². The van der Waals surface area contributed by atoms with Gasteiger partial charge in [-0.05, 0) is 35.7 Å². The van der Waals surface area contributed by atoms with Gasteiger partial charge in [0.25, 0.3) is 0 Å². The Morgan fingerprint density at radius 2 is 1.78 bits per heavy atom. The number of nitrogens with zero attached hydrogens (tertiary/aromatic N) is 2. The highest BCUT2D eigenvalue weighted by atomic mass is 19.1. The summed E-state index contributed by atoms with van der Waals surface area (Å²) in [6.07, 6.45) is 1.33. The van der Waals surface area contributed by atoms with Crippen LogP contribution >= 0.6 is 0 Å². The zero-order chi connectivity index (χ0) is 16.8. The lowest BCUT2D eigenvalue weighted by molar-refractivity contribution is 0.495. The van der Waals surface area contributed by atoms with Crippen LogP contribution in [0, 0.1) is 5.41 Å². The summed E-state index contributed by atoms with van der Waals surface area (Å²) in [5, 5.41) is 8.49. The van der Waals surface area contributed by atoms with Crippen molar-refractivity contribution in [3.05, 3.63) is 59.7 Å². The van der Waals surface area contributed by atoms with E-state index >= 15 is 0 Å². The lowest BCUT2D eigenvalue weighted by Gasteiger charge is -2.29. The molecule has 3 nitrogen and oxygen atoms in total. The molecule has 0 saturated carbocycles. The van der Waals surface area contributed by atoms with Crippen LogP contribution < -0.4 is 9.80 Å². The van der Waals surface area contributed by atoms with E-state index in [1.807, 2.05) is 55.4 Å². The number of benzene rings is 2. The molecule has 0 radical (unpaired) electrons. The van der Waals surface area contributed by atoms with Crippen LogP contribution in [0.4, 0.5) is 15.8 Å². The predicted molar refractivity (Wildman–Crippen MR) is 96.5 cm³/mol. The van der Waals surface area contributed by atoms with Crippen molar-refractivity contribution in [2.24, 2.45) is 0 Å². The molecule has 0 aliphatic carbocycles. The van der Waals surface area contributed by atoms with Crippen molar-refractivity contribution in [1.82, 2.24) is 0 Å². The van der Waals surface area contributed by atoms with E-state index in [1.165, 1.54) is 5.56 Å². The van der Waals surface area contributed by atoms with Gasteiger partial charge in [0.05, 0.1) is 6.67 Å². The summed E-state index contributed by atoms with van der Waals surface area (Å²) in [6, 6.07) is 15.8. The highest BCUT2D eigenvalue weighted by Crippen LogP contribution is 2.23. The van der Waals surface area contributed by atoms with E-state index in [0.29, 0.717) is 12.4 Å². The monoisotopic (exact) mass is 313 g/mol. The van der Waals surface area contributed by atoms with E-state index in [-0.39, 0.29) is 0 Å². The Bertz CT molecular complexity index is 669. The number of rotatable bonds is 5. The second kappa shape index (κ2) is 7.77. The minimum Gasteiger partial charge on any atom is -0.316 e. The van der Waals surface area contributed by atoms with E-state index in [4.69, 9.17) is 5.41 Å². The number of halogens is 1. The quantitative estimate of drug-likeness (QED) is 0.660. The summed E-state index contributed by atoms with van der Waals surface area (Å²) in [5.41, 5.74) is 4.00. The average Bonchev–Trinajstić information content (AvgIpc) is 2.60. The lowest BCUT2D eigenvalue weighted by atomic mass is 10.1. The van der Waals surface area contributed by atoms with Crippen molar-refractivity contribution >= 4 is 17.3 Å². The van der Waals surface area contributed by atoms with Gasteiger partial charge < -0.3 is 9.80 Å². The minimum absolute atomic E-state index is 0.351. The third-order valence-electron chi connectivity index (χ3n) is 4.06. The van der Waals surface area contributed by atoms with Crippen LogP contribution in [0.15, 0.2) is 48.5 Å². The molecule has 2 aromatic carbocycles. The zero-order valence-corrected chi connectivity index (χ0v) is 14.0. The second-order valence-electron chi connectivity index (χ2n) is 5.53. The fourth-order valence-corrected chi connectivity index (χ4v) is 2.60. The number of nitrogens with one attached hydrogen (secondary N) is 1. The predicted octanol–water partition coefficient (Wildman–Crippen LogP) is 4.27. The fraction of sp³-hybridized carbons (Fsp3) is 0.316. The molecule has 1 N–H and O–H groups in total. The van der Waals surface area contributed by atoms with Gasteiger partial charge in [-0.15, -0.1) is 0 Å². The SMILES string of the molecule is CCc1cccc(N(C)C(=N)N(C)c2ccccc2CCF)c1. The number of aryl methyl sites for hydroxylation is 2. The van der Waals surface area contributed by atoms with Crippen molar-refractivity contribution in [3.8, 4) is 0 Å². The number of alkyl halides is 1. The molecule has 0 atom stereocenters. The molecule has 0 amide bonds. The largest absolute Gasteiger partial charge is 0.316 e. The van der Waals surface area contributed by atoms with Gasteiger partial charge in [0.2, 0.25) is 5.96 Å². The van der Waals surface area contributed by atoms with E-state index in [0.717, 1.165) is 23.4 Å². The number of anilines is 2. The normalized spacial score (nSPS) is 10.4. The Balaban J connectivity index is 2.25. The van der Waals surface area contributed by atoms with Gasteiger partial charge >= 0.3 is 0 Å². The van der Waals surface area contributed by atoms with Gasteiger partial charge in [-0.3, -0.25) is 9.80 Å². The summed E-state index contributed by atoms with van der Waals surface area (Å²) in [5.74, 6) is 0.351. The first-order chi connectivity index (χ1) is 11.1. The van der Waals surface area contributed by atoms with Crippen molar-refractivity contribution < 1.29 is 4.39 Å². The third kappa shape index (κ3) is 3.89. The number of hydrogen-bond donors (Lipinski definition) is 1. The number of para-hydroxylation sites is 1. The smallest absolute Gasteiger partial charge is 0.202 e. The first kappa shape index (κ1) is 17.0. The van der Waals surface area contributed by atoms with E-state index in [9.17, 15) is 4.39 Å². The fourth-order valence-electron chi connectivity index (χ4n) is 2.60. The number of hydrogen-bond acceptors (Lipinski definition) is 1. The highest BCUT2D eigenvalue weighted by molar-refractivity contribution is 6.04. The Labute approximate surface area is 137 Å². The molecule has 122 valence electrons. The highest BCUT2D eigenvalue weighted by Gasteiger charge is 2.16. The lowest BCUT2D eigenvalue weighted by Crippen LogP contribution is -2.40. The summed E-state index contributed by atoms with van der Waals surface area (Å²) in [7, 11) is 3.73. The molecule has 2 aromatic rings. The Morgan fingerprint density at radius 3 is 2.48 bits per heavy atom. The van der Waals surface area contributed by atoms with Crippen molar-refractivity contribution in [1.29, 1.82) is 5.41 Å². The summed E-state index contributed by atoms with van der Waals surface area (Å²) in [4.78, 5) is 3.63. The average molecular weight is 313 g/mol. The molecule has 23 heavy (non-hydrogen) atoms. The van der Waals surface area contributed by atoms with Gasteiger partial charge in [0, 0.05) is 31.9 Å². The van der Waals surface area contributed by atoms with Gasteiger partial charge in [0.1, 0.15) is 0 Å². The maximum Gasteiger partial charge on any atom is 0.202 e. The molecule has 0 bridgehead atoms. The molecule has 0 unspecified atom stereocenters. The first-order valence-electron chi connectivity index (χ1n) is 7.87. The molecule has 0 aromatic heterocycles. The molecule has 0 spiro atoms. The molecule has 4 heteroatoms. The van der Waals surface area contributed by atoms with Gasteiger partial charge in [0.15, 0.2) is 0 Å². The van der Waals surface area contributed by atoms with E-state index < -0.39 is 6.67 Å². The maximum atomic E-state index is 12.7. The van der Waals surface area contributed by atoms with E-state index in [1.54, 1.807) is 4.90 Å². The summed E-state index contributed by atoms with van der Waals surface area (Å²) in [6.45, 7) is 1.72. The van der Waals surface area contributed by atoms with Crippen LogP contribution in [-0.4, -0.2) is 26.7 Å². The van der Waals surface area contributed by atoms with Gasteiger partial charge in [-0.25, -0.2) is 0 Å². The van der Waals surface area contributed by atoms with Crippen molar-refractivity contribution in [2.45, 2.75) is 19.8 Å². The minimum atomic E-state index is -0.396. The van der Waals surface area contributed by atoms with Crippen LogP contribution in [0.1, 0.15) is 18.1 Å². The summed E-state index contributed by atoms with van der Waals surface area (Å²) >= 11 is 0. The molecule has 0 fully saturated rings. The van der Waals surface area contributed by atoms with Crippen LogP contribution in [0.2, 0.25) is 0 Å². The maximum absolute atomic E-state index is 12.7. The van der Waals surface area contributed by atoms with Crippen molar-refractivity contribution in [2.75, 3.05) is 30.6 Å². The molecule has 0 heterocycles. The molecule has 2 rings (SSSR count). The molecule has 0 saturated heterocycles. The molecular formula is C19H24FN3. The van der Waals surface area contributed by atoms with Crippen molar-refractivity contribution in [3.63, 3.8) is 0 Å². The standard InChI is InChI=1S/C19H24FN3/c1-4-15-8-7-10-17(14-15)22(2)19(21)23(3)18-11-6-5-9-16(18)12-13-20/h5-11,14,21H,4,12-13H2,1-3H3. The van der Waals surface area contributed by atoms with Crippen LogP contribution in [0.5, 0.6) is 0 Å². The third-order valence-corrected chi connectivity index (χ3v) is 4.06. The van der Waals surface area contributed by atoms with Crippen LogP contribution in [-0.2, 0) is 12.8 Å². The van der Waals surface area contributed by atoms with Gasteiger partial charge in [-0.2, -0.15) is 0 Å². The Morgan fingerprint density at radius 1 is 1.04 bits per heavy atom. The Hall–Kier alpha value is -2.36. The zero-order valence-electron chi connectivity index (χ0n) is 14.0. The molecule has 0 aliphatic heterocycles. The topological polar surface area (TPSA) is 30.3 Å². The molecule has 0 aliphatic rings. The first-order valence-corrected chi connectivity index (χ1v) is 7.87. The second-order valence-corrected chi connectivity index (χ2v) is 5.53. The molecular weight excluding hydrogens is 289 g/mol.